The minimum absolute atomic E-state index is 0.00436. The largest absolute Gasteiger partial charge is 0.508 e. The normalized spacial score (nSPS) is 12.5. The lowest BCUT2D eigenvalue weighted by Gasteiger charge is -2.34. The summed E-state index contributed by atoms with van der Waals surface area (Å²) in [5, 5.41) is 28.4. The molecule has 0 fully saturated rings. The average Bonchev–Trinajstić information content (AvgIpc) is 3.40. The first kappa shape index (κ1) is 53.1. The second kappa shape index (κ2) is 26.6. The molecule has 12 N–H and O–H groups in total. The van der Waals surface area contributed by atoms with Crippen molar-refractivity contribution in [2.45, 2.75) is 82.3 Å². The fourth-order valence-corrected chi connectivity index (χ4v) is 9.04. The van der Waals surface area contributed by atoms with Crippen molar-refractivity contribution in [1.29, 1.82) is 0 Å². The summed E-state index contributed by atoms with van der Waals surface area (Å²) in [7, 11) is 0. The topological polar surface area (TPSA) is 273 Å². The molecule has 0 radical (unpaired) electrons. The number of aromatic hydroxyl groups is 1. The van der Waals surface area contributed by atoms with E-state index in [-0.39, 0.29) is 50.4 Å². The van der Waals surface area contributed by atoms with Crippen molar-refractivity contribution in [3.63, 3.8) is 0 Å². The van der Waals surface area contributed by atoms with Gasteiger partial charge in [0.25, 0.3) is 0 Å². The van der Waals surface area contributed by atoms with Crippen LogP contribution in [0.5, 0.6) is 5.75 Å². The van der Waals surface area contributed by atoms with E-state index in [0.717, 1.165) is 27.5 Å². The van der Waals surface area contributed by atoms with Crippen molar-refractivity contribution in [1.82, 2.24) is 31.2 Å². The zero-order chi connectivity index (χ0) is 51.5. The third-order valence-corrected chi connectivity index (χ3v) is 12.8. The number of nitrogens with zero attached hydrogens (tertiary/aromatic N) is 3. The highest BCUT2D eigenvalue weighted by Gasteiger charge is 2.36. The number of aromatic nitrogens is 2. The molecule has 5 amide bonds. The lowest BCUT2D eigenvalue weighted by atomic mass is 9.98. The van der Waals surface area contributed by atoms with Crippen LogP contribution >= 0.6 is 0 Å². The molecule has 7 rings (SSSR count). The number of amides is 5. The molecule has 0 aliphatic heterocycles. The molecule has 0 saturated carbocycles. The number of carbonyl (C=O) groups excluding carboxylic acids is 5. The second-order valence-electron chi connectivity index (χ2n) is 18.1. The number of carbonyl (C=O) groups is 5. The Morgan fingerprint density at radius 3 is 1.58 bits per heavy atom. The van der Waals surface area contributed by atoms with Crippen molar-refractivity contribution >= 4 is 84.5 Å². The maximum atomic E-state index is 15.2. The van der Waals surface area contributed by atoms with Gasteiger partial charge in [-0.25, -0.2) is 9.97 Å². The molecule has 7 aromatic rings. The summed E-state index contributed by atoms with van der Waals surface area (Å²) in [6.45, 7) is 1.55. The zero-order valence-corrected chi connectivity index (χ0v) is 41.2. The number of hydrogen-bond donors (Lipinski definition) is 9. The molecule has 2 aromatic heterocycles. The Hall–Kier alpha value is -7.73. The Morgan fingerprint density at radius 2 is 1.03 bits per heavy atom. The fraction of sp³-hybridized carbons (Fsp3) is 0.339. The van der Waals surface area contributed by atoms with Gasteiger partial charge in [-0.3, -0.25) is 28.9 Å². The summed E-state index contributed by atoms with van der Waals surface area (Å²) >= 11 is 0. The summed E-state index contributed by atoms with van der Waals surface area (Å²) in [6, 6.07) is 33.6. The molecule has 17 nitrogen and oxygen atoms in total. The Balaban J connectivity index is 1.07. The van der Waals surface area contributed by atoms with Crippen molar-refractivity contribution in [2.24, 2.45) is 17.2 Å². The van der Waals surface area contributed by atoms with Crippen LogP contribution in [0.2, 0.25) is 0 Å². The molecule has 0 unspecified atom stereocenters. The molecular formula is C56H67N11O6. The predicted molar refractivity (Wildman–Crippen MR) is 289 cm³/mol. The van der Waals surface area contributed by atoms with Gasteiger partial charge in [-0.2, -0.15) is 0 Å². The molecule has 382 valence electrons. The van der Waals surface area contributed by atoms with Crippen LogP contribution in [0.3, 0.4) is 0 Å². The number of rotatable bonds is 27. The number of fused-ring (bicyclic) bond motifs is 4. The van der Waals surface area contributed by atoms with Gasteiger partial charge in [-0.15, -0.1) is 0 Å². The maximum Gasteiger partial charge on any atom is 0.244 e. The van der Waals surface area contributed by atoms with E-state index < -0.39 is 41.8 Å². The monoisotopic (exact) mass is 990 g/mol. The number of phenolic OH excluding ortho intramolecular Hbond substituents is 1. The van der Waals surface area contributed by atoms with Gasteiger partial charge in [0.2, 0.25) is 29.5 Å². The van der Waals surface area contributed by atoms with E-state index in [1.807, 2.05) is 97.1 Å². The Morgan fingerprint density at radius 1 is 0.534 bits per heavy atom. The first-order valence-corrected chi connectivity index (χ1v) is 25.2. The number of para-hydroxylation sites is 4. The molecule has 0 aliphatic rings. The second-order valence-corrected chi connectivity index (χ2v) is 18.1. The van der Waals surface area contributed by atoms with E-state index in [1.165, 1.54) is 17.0 Å². The van der Waals surface area contributed by atoms with Gasteiger partial charge in [0.15, 0.2) is 0 Å². The number of anilines is 2. The van der Waals surface area contributed by atoms with Crippen LogP contribution in [0.25, 0.3) is 43.6 Å². The maximum absolute atomic E-state index is 15.2. The molecular weight excluding hydrogens is 923 g/mol. The number of phenols is 1. The van der Waals surface area contributed by atoms with Crippen LogP contribution in [0.4, 0.5) is 11.4 Å². The van der Waals surface area contributed by atoms with E-state index in [2.05, 4.69) is 26.6 Å². The van der Waals surface area contributed by atoms with Gasteiger partial charge in [0.1, 0.15) is 23.9 Å². The summed E-state index contributed by atoms with van der Waals surface area (Å²) in [4.78, 5) is 82.5. The standard InChI is InChI=1S/C56H67N11O6/c57-30-11-9-23-47(54(71)62-36-50(69)60-33-14-34-61-52-39-15-1-5-19-43(39)63-44-20-6-2-16-40(44)52)65-55(72)48(24-10-12-31-58)66-56(73)49(35-37-26-28-38(68)29-27-37)67(51(70)25-13-32-59)53-41-17-3-7-21-45(41)64-46-22-8-4-18-42(46)53/h1-8,15-22,26-29,47-49,68H,9-14,23-25,30-36,57-59H2,(H,60,69)(H,61,63)(H,62,71)(H,65,72)(H,66,73)/t47-,48-,49-/m0/s1. The Kier molecular flexibility index (Phi) is 19.4. The van der Waals surface area contributed by atoms with E-state index in [9.17, 15) is 24.3 Å². The minimum Gasteiger partial charge on any atom is -0.508 e. The highest BCUT2D eigenvalue weighted by Crippen LogP contribution is 2.37. The Labute approximate surface area is 425 Å². The summed E-state index contributed by atoms with van der Waals surface area (Å²) in [5.41, 5.74) is 22.7. The lowest BCUT2D eigenvalue weighted by molar-refractivity contribution is -0.133. The predicted octanol–water partition coefficient (Wildman–Crippen LogP) is 5.44. The van der Waals surface area contributed by atoms with Crippen molar-refractivity contribution in [3.8, 4) is 5.75 Å². The lowest BCUT2D eigenvalue weighted by Crippen LogP contribution is -2.58. The SMILES string of the molecule is NCCCC[C@H](NC(=O)[C@H](CCCCN)NC(=O)[C@H](Cc1ccc(O)cc1)N(C(=O)CCCN)c1c2ccccc2nc2ccccc12)C(=O)NCC(=O)NCCCNc1c2ccccc2nc2ccccc12. The van der Waals surface area contributed by atoms with Gasteiger partial charge in [-0.05, 0) is 113 Å². The van der Waals surface area contributed by atoms with Crippen LogP contribution in [0.1, 0.15) is 63.4 Å². The molecule has 73 heavy (non-hydrogen) atoms. The number of nitrogens with one attached hydrogen (secondary N) is 5. The van der Waals surface area contributed by atoms with Gasteiger partial charge in [0, 0.05) is 47.5 Å². The first-order chi connectivity index (χ1) is 35.6. The highest BCUT2D eigenvalue weighted by molar-refractivity contribution is 6.16. The summed E-state index contributed by atoms with van der Waals surface area (Å²) in [5.74, 6) is -2.53. The van der Waals surface area contributed by atoms with Crippen LogP contribution in [-0.4, -0.2) is 102 Å². The van der Waals surface area contributed by atoms with Crippen molar-refractivity contribution < 1.29 is 29.1 Å². The number of pyridine rings is 2. The Bertz CT molecular complexity index is 2900. The average molecular weight is 990 g/mol. The molecule has 0 bridgehead atoms. The number of unbranched alkanes of at least 4 members (excludes halogenated alkanes) is 2. The van der Waals surface area contributed by atoms with Crippen molar-refractivity contribution in [3.05, 3.63) is 127 Å². The third-order valence-electron chi connectivity index (χ3n) is 12.8. The van der Waals surface area contributed by atoms with E-state index in [1.54, 1.807) is 12.1 Å². The first-order valence-electron chi connectivity index (χ1n) is 25.2. The highest BCUT2D eigenvalue weighted by atomic mass is 16.3. The molecule has 2 heterocycles. The number of hydrogen-bond acceptors (Lipinski definition) is 12. The molecule has 0 aliphatic carbocycles. The zero-order valence-electron chi connectivity index (χ0n) is 41.2. The van der Waals surface area contributed by atoms with Crippen LogP contribution in [0.15, 0.2) is 121 Å². The van der Waals surface area contributed by atoms with Crippen LogP contribution in [-0.2, 0) is 30.4 Å². The summed E-state index contributed by atoms with van der Waals surface area (Å²) < 4.78 is 0. The molecule has 0 saturated heterocycles. The quantitative estimate of drug-likeness (QED) is 0.0230. The van der Waals surface area contributed by atoms with E-state index in [4.69, 9.17) is 27.2 Å². The third kappa shape index (κ3) is 14.0. The van der Waals surface area contributed by atoms with Gasteiger partial charge < -0.3 is 48.9 Å². The molecule has 0 spiro atoms. The van der Waals surface area contributed by atoms with Crippen molar-refractivity contribution in [2.75, 3.05) is 49.5 Å². The fourth-order valence-electron chi connectivity index (χ4n) is 9.04. The number of nitrogens with two attached hydrogens (primary N) is 3. The molecule has 5 aromatic carbocycles. The minimum atomic E-state index is -1.22. The van der Waals surface area contributed by atoms with Crippen LogP contribution in [0, 0.1) is 0 Å². The smallest absolute Gasteiger partial charge is 0.244 e. The molecule has 17 heteroatoms. The van der Waals surface area contributed by atoms with E-state index >= 15 is 4.79 Å². The van der Waals surface area contributed by atoms with E-state index in [0.29, 0.717) is 97.8 Å². The number of benzene rings is 5. The summed E-state index contributed by atoms with van der Waals surface area (Å²) in [6.07, 6.45) is 3.48. The van der Waals surface area contributed by atoms with Gasteiger partial charge in [-0.1, -0.05) is 84.9 Å². The van der Waals surface area contributed by atoms with Gasteiger partial charge >= 0.3 is 0 Å². The van der Waals surface area contributed by atoms with Gasteiger partial charge in [0.05, 0.1) is 40.0 Å². The molecule has 3 atom stereocenters. The van der Waals surface area contributed by atoms with Crippen LogP contribution < -0.4 is 48.7 Å².